The number of nitrogens with zero attached hydrogens (tertiary/aromatic N) is 2. The molecule has 0 atom stereocenters. The Labute approximate surface area is 83.7 Å². The number of nitrogens with two attached hydrogens (primary N) is 1. The van der Waals surface area contributed by atoms with E-state index in [1.54, 1.807) is 6.20 Å². The zero-order chi connectivity index (χ0) is 10.2. The molecule has 3 N–H and O–H groups in total. The van der Waals surface area contributed by atoms with Crippen molar-refractivity contribution >= 4 is 11.6 Å². The van der Waals surface area contributed by atoms with Crippen LogP contribution in [0.25, 0.3) is 0 Å². The molecule has 0 unspecified atom stereocenters. The van der Waals surface area contributed by atoms with Gasteiger partial charge in [-0.05, 0) is 13.3 Å². The molecule has 1 heterocycles. The van der Waals surface area contributed by atoms with Crippen molar-refractivity contribution in [2.75, 3.05) is 30.8 Å². The Hall–Kier alpha value is -1.36. The van der Waals surface area contributed by atoms with Crippen LogP contribution >= 0.6 is 0 Å². The molecular formula is C9H16N4O. The highest BCUT2D eigenvalue weighted by Crippen LogP contribution is 2.02. The molecule has 0 saturated carbocycles. The van der Waals surface area contributed by atoms with Crippen molar-refractivity contribution in [3.63, 3.8) is 0 Å². The van der Waals surface area contributed by atoms with Gasteiger partial charge in [-0.1, -0.05) is 0 Å². The SMILES string of the molecule is CCOCCCNc1cncc(N)n1. The number of nitrogen functional groups attached to an aromatic ring is 1. The number of hydrogen-bond acceptors (Lipinski definition) is 5. The minimum atomic E-state index is 0.430. The maximum absolute atomic E-state index is 5.47. The minimum absolute atomic E-state index is 0.430. The van der Waals surface area contributed by atoms with E-state index in [9.17, 15) is 0 Å². The van der Waals surface area contributed by atoms with Crippen LogP contribution < -0.4 is 11.1 Å². The van der Waals surface area contributed by atoms with Gasteiger partial charge in [-0.15, -0.1) is 0 Å². The summed E-state index contributed by atoms with van der Waals surface area (Å²) < 4.78 is 5.19. The van der Waals surface area contributed by atoms with Crippen molar-refractivity contribution in [2.45, 2.75) is 13.3 Å². The second-order valence-electron chi connectivity index (χ2n) is 2.81. The summed E-state index contributed by atoms with van der Waals surface area (Å²) in [5.74, 6) is 1.14. The van der Waals surface area contributed by atoms with Crippen LogP contribution in [0.2, 0.25) is 0 Å². The zero-order valence-corrected chi connectivity index (χ0v) is 8.36. The monoisotopic (exact) mass is 196 g/mol. The lowest BCUT2D eigenvalue weighted by Crippen LogP contribution is -2.07. The van der Waals surface area contributed by atoms with E-state index < -0.39 is 0 Å². The van der Waals surface area contributed by atoms with Crippen LogP contribution in [0.4, 0.5) is 11.6 Å². The summed E-state index contributed by atoms with van der Waals surface area (Å²) in [6, 6.07) is 0. The minimum Gasteiger partial charge on any atom is -0.382 e. The Balaban J connectivity index is 2.18. The Morgan fingerprint density at radius 2 is 2.36 bits per heavy atom. The van der Waals surface area contributed by atoms with E-state index >= 15 is 0 Å². The Kier molecular flexibility index (Phi) is 4.71. The van der Waals surface area contributed by atoms with E-state index in [1.165, 1.54) is 6.20 Å². The second-order valence-corrected chi connectivity index (χ2v) is 2.81. The molecule has 1 rings (SSSR count). The maximum atomic E-state index is 5.47. The molecule has 1 aromatic heterocycles. The summed E-state index contributed by atoms with van der Waals surface area (Å²) in [7, 11) is 0. The first-order chi connectivity index (χ1) is 6.83. The van der Waals surface area contributed by atoms with Crippen LogP contribution in [0.1, 0.15) is 13.3 Å². The number of rotatable bonds is 6. The summed E-state index contributed by atoms with van der Waals surface area (Å²) in [6.45, 7) is 4.33. The molecular weight excluding hydrogens is 180 g/mol. The molecule has 0 bridgehead atoms. The molecule has 78 valence electrons. The lowest BCUT2D eigenvalue weighted by molar-refractivity contribution is 0.147. The summed E-state index contributed by atoms with van der Waals surface area (Å²) in [5.41, 5.74) is 5.47. The van der Waals surface area contributed by atoms with Gasteiger partial charge in [0.1, 0.15) is 11.6 Å². The molecule has 5 heteroatoms. The molecule has 0 aliphatic carbocycles. The number of nitrogens with one attached hydrogen (secondary N) is 1. The highest BCUT2D eigenvalue weighted by atomic mass is 16.5. The summed E-state index contributed by atoms with van der Waals surface area (Å²) in [5, 5.41) is 3.11. The first kappa shape index (κ1) is 10.7. The predicted molar refractivity (Wildman–Crippen MR) is 56.0 cm³/mol. The van der Waals surface area contributed by atoms with Crippen LogP contribution in [0.5, 0.6) is 0 Å². The molecule has 0 saturated heterocycles. The van der Waals surface area contributed by atoms with Crippen LogP contribution in [0.15, 0.2) is 12.4 Å². The molecule has 0 spiro atoms. The van der Waals surface area contributed by atoms with E-state index in [1.807, 2.05) is 6.92 Å². The van der Waals surface area contributed by atoms with Crippen LogP contribution in [0.3, 0.4) is 0 Å². The molecule has 0 fully saturated rings. The zero-order valence-electron chi connectivity index (χ0n) is 8.36. The van der Waals surface area contributed by atoms with Gasteiger partial charge in [0.25, 0.3) is 0 Å². The molecule has 1 aromatic rings. The average molecular weight is 196 g/mol. The van der Waals surface area contributed by atoms with E-state index in [0.29, 0.717) is 11.6 Å². The van der Waals surface area contributed by atoms with Crippen molar-refractivity contribution in [1.82, 2.24) is 9.97 Å². The third-order valence-corrected chi connectivity index (χ3v) is 1.63. The second kappa shape index (κ2) is 6.15. The maximum Gasteiger partial charge on any atom is 0.146 e. The molecule has 0 aliphatic rings. The van der Waals surface area contributed by atoms with E-state index in [2.05, 4.69) is 15.3 Å². The van der Waals surface area contributed by atoms with E-state index in [-0.39, 0.29) is 0 Å². The molecule has 0 aromatic carbocycles. The fraction of sp³-hybridized carbons (Fsp3) is 0.556. The predicted octanol–water partition coefficient (Wildman–Crippen LogP) is 0.897. The highest BCUT2D eigenvalue weighted by molar-refractivity contribution is 5.37. The van der Waals surface area contributed by atoms with Crippen LogP contribution in [-0.2, 0) is 4.74 Å². The molecule has 14 heavy (non-hydrogen) atoms. The average Bonchev–Trinajstić information content (AvgIpc) is 2.18. The quantitative estimate of drug-likeness (QED) is 0.661. The van der Waals surface area contributed by atoms with Gasteiger partial charge in [-0.25, -0.2) is 4.98 Å². The fourth-order valence-electron chi connectivity index (χ4n) is 1.00. The third kappa shape index (κ3) is 4.04. The van der Waals surface area contributed by atoms with Crippen molar-refractivity contribution in [2.24, 2.45) is 0 Å². The number of aromatic nitrogens is 2. The number of anilines is 2. The van der Waals surface area contributed by atoms with Gasteiger partial charge in [0, 0.05) is 19.8 Å². The fourth-order valence-corrected chi connectivity index (χ4v) is 1.00. The van der Waals surface area contributed by atoms with Crippen LogP contribution in [0, 0.1) is 0 Å². The van der Waals surface area contributed by atoms with Gasteiger partial charge < -0.3 is 15.8 Å². The number of ether oxygens (including phenoxy) is 1. The van der Waals surface area contributed by atoms with Gasteiger partial charge in [0.05, 0.1) is 12.4 Å². The molecule has 0 amide bonds. The van der Waals surface area contributed by atoms with E-state index in [0.717, 1.165) is 26.2 Å². The smallest absolute Gasteiger partial charge is 0.146 e. The first-order valence-corrected chi connectivity index (χ1v) is 4.72. The number of hydrogen-bond donors (Lipinski definition) is 2. The molecule has 0 radical (unpaired) electrons. The van der Waals surface area contributed by atoms with Gasteiger partial charge in [0.15, 0.2) is 0 Å². The van der Waals surface area contributed by atoms with Crippen molar-refractivity contribution < 1.29 is 4.74 Å². The van der Waals surface area contributed by atoms with E-state index in [4.69, 9.17) is 10.5 Å². The van der Waals surface area contributed by atoms with Crippen LogP contribution in [-0.4, -0.2) is 29.7 Å². The van der Waals surface area contributed by atoms with Gasteiger partial charge in [-0.3, -0.25) is 4.98 Å². The molecule has 0 aliphatic heterocycles. The summed E-state index contributed by atoms with van der Waals surface area (Å²) in [6.07, 6.45) is 4.12. The van der Waals surface area contributed by atoms with Crippen molar-refractivity contribution in [1.29, 1.82) is 0 Å². The Morgan fingerprint density at radius 3 is 3.07 bits per heavy atom. The topological polar surface area (TPSA) is 73.1 Å². The Morgan fingerprint density at radius 1 is 1.50 bits per heavy atom. The standard InChI is InChI=1S/C9H16N4O/c1-2-14-5-3-4-12-9-7-11-6-8(10)13-9/h6-7H,2-5H2,1H3,(H3,10,12,13). The van der Waals surface area contributed by atoms with Crippen molar-refractivity contribution in [3.05, 3.63) is 12.4 Å². The first-order valence-electron chi connectivity index (χ1n) is 4.72. The largest absolute Gasteiger partial charge is 0.382 e. The van der Waals surface area contributed by atoms with Gasteiger partial charge in [0.2, 0.25) is 0 Å². The summed E-state index contributed by atoms with van der Waals surface area (Å²) in [4.78, 5) is 7.97. The van der Waals surface area contributed by atoms with Gasteiger partial charge in [-0.2, -0.15) is 0 Å². The van der Waals surface area contributed by atoms with Crippen molar-refractivity contribution in [3.8, 4) is 0 Å². The van der Waals surface area contributed by atoms with Gasteiger partial charge >= 0.3 is 0 Å². The lowest BCUT2D eigenvalue weighted by Gasteiger charge is -2.05. The third-order valence-electron chi connectivity index (χ3n) is 1.63. The lowest BCUT2D eigenvalue weighted by atomic mass is 10.4. The molecule has 5 nitrogen and oxygen atoms in total. The normalized spacial score (nSPS) is 10.1. The summed E-state index contributed by atoms with van der Waals surface area (Å²) >= 11 is 0. The highest BCUT2D eigenvalue weighted by Gasteiger charge is 1.94. The Bertz CT molecular complexity index is 267.